The minimum absolute atomic E-state index is 0.0107. The molecule has 0 unspecified atom stereocenters. The van der Waals surface area contributed by atoms with Gasteiger partial charge in [-0.2, -0.15) is 5.10 Å². The number of aryl methyl sites for hydroxylation is 1. The Labute approximate surface area is 121 Å². The van der Waals surface area contributed by atoms with E-state index >= 15 is 0 Å². The number of nitrogen functional groups attached to an aromatic ring is 1. The van der Waals surface area contributed by atoms with Crippen LogP contribution < -0.4 is 10.0 Å². The van der Waals surface area contributed by atoms with Gasteiger partial charge >= 0.3 is 5.97 Å². The number of nitrogens with two attached hydrogens (primary N) is 1. The number of hydrogen-bond acceptors (Lipinski definition) is 5. The van der Waals surface area contributed by atoms with Gasteiger partial charge in [0.15, 0.2) is 0 Å². The number of aromatic nitrogens is 2. The van der Waals surface area contributed by atoms with Gasteiger partial charge in [-0.15, -0.1) is 0 Å². The summed E-state index contributed by atoms with van der Waals surface area (Å²) in [5.41, 5.74) is 6.00. The summed E-state index contributed by atoms with van der Waals surface area (Å²) in [6.07, 6.45) is 2.60. The Morgan fingerprint density at radius 2 is 2.10 bits per heavy atom. The van der Waals surface area contributed by atoms with Crippen LogP contribution in [0.25, 0.3) is 0 Å². The van der Waals surface area contributed by atoms with E-state index in [1.165, 1.54) is 42.3 Å². The van der Waals surface area contributed by atoms with E-state index in [9.17, 15) is 13.2 Å². The molecule has 0 amide bonds. The highest BCUT2D eigenvalue weighted by atomic mass is 32.2. The van der Waals surface area contributed by atoms with Gasteiger partial charge in [0.05, 0.1) is 23.1 Å². The van der Waals surface area contributed by atoms with Crippen molar-refractivity contribution < 1.29 is 18.3 Å². The van der Waals surface area contributed by atoms with Crippen LogP contribution in [0.1, 0.15) is 10.4 Å². The third kappa shape index (κ3) is 2.68. The number of carbonyl (C=O) groups is 1. The maximum absolute atomic E-state index is 12.4. The van der Waals surface area contributed by atoms with Crippen molar-refractivity contribution in [3.63, 3.8) is 0 Å². The van der Waals surface area contributed by atoms with Crippen LogP contribution in [0.2, 0.25) is 0 Å². The summed E-state index contributed by atoms with van der Waals surface area (Å²) in [6.45, 7) is 0. The molecule has 0 fully saturated rings. The van der Waals surface area contributed by atoms with Gasteiger partial charge in [0.2, 0.25) is 0 Å². The van der Waals surface area contributed by atoms with Crippen molar-refractivity contribution in [3.8, 4) is 0 Å². The van der Waals surface area contributed by atoms with E-state index < -0.39 is 16.0 Å². The molecule has 3 N–H and O–H groups in total. The molecule has 9 heteroatoms. The summed E-state index contributed by atoms with van der Waals surface area (Å²) < 4.78 is 27.2. The molecule has 21 heavy (non-hydrogen) atoms. The molecule has 2 rings (SSSR count). The molecule has 1 aromatic carbocycles. The highest BCUT2D eigenvalue weighted by Gasteiger charge is 2.24. The molecule has 1 heterocycles. The van der Waals surface area contributed by atoms with E-state index in [-0.39, 0.29) is 21.8 Å². The van der Waals surface area contributed by atoms with E-state index in [0.29, 0.717) is 0 Å². The largest absolute Gasteiger partial charge is 0.478 e. The number of nitrogens with zero attached hydrogens (tertiary/aromatic N) is 3. The minimum Gasteiger partial charge on any atom is -0.478 e. The molecule has 0 aliphatic heterocycles. The van der Waals surface area contributed by atoms with Gasteiger partial charge < -0.3 is 10.8 Å². The third-order valence-electron chi connectivity index (χ3n) is 2.95. The first kappa shape index (κ1) is 14.9. The third-order valence-corrected chi connectivity index (χ3v) is 4.68. The maximum Gasteiger partial charge on any atom is 0.335 e. The van der Waals surface area contributed by atoms with Crippen molar-refractivity contribution >= 4 is 27.4 Å². The molecule has 2 aromatic rings. The Kier molecular flexibility index (Phi) is 3.60. The van der Waals surface area contributed by atoms with Crippen molar-refractivity contribution in [3.05, 3.63) is 36.2 Å². The Balaban J connectivity index is 2.44. The number of sulfonamides is 1. The summed E-state index contributed by atoms with van der Waals surface area (Å²) in [7, 11) is -0.856. The number of rotatable bonds is 4. The first-order valence-electron chi connectivity index (χ1n) is 5.84. The van der Waals surface area contributed by atoms with Crippen molar-refractivity contribution in [2.45, 2.75) is 4.90 Å². The molecule has 112 valence electrons. The lowest BCUT2D eigenvalue weighted by Crippen LogP contribution is -2.27. The fraction of sp³-hybridized carbons (Fsp3) is 0.167. The number of anilines is 2. The fourth-order valence-corrected chi connectivity index (χ4v) is 3.00. The second-order valence-corrected chi connectivity index (χ2v) is 6.37. The molecule has 0 atom stereocenters. The molecule has 0 aliphatic carbocycles. The van der Waals surface area contributed by atoms with Crippen LogP contribution in [0.3, 0.4) is 0 Å². The first-order chi connectivity index (χ1) is 9.73. The first-order valence-corrected chi connectivity index (χ1v) is 7.28. The minimum atomic E-state index is -3.80. The molecule has 0 spiro atoms. The van der Waals surface area contributed by atoms with Gasteiger partial charge in [0.1, 0.15) is 4.90 Å². The van der Waals surface area contributed by atoms with Gasteiger partial charge in [0.25, 0.3) is 10.0 Å². The highest BCUT2D eigenvalue weighted by molar-refractivity contribution is 7.92. The van der Waals surface area contributed by atoms with Gasteiger partial charge in [-0.05, 0) is 18.2 Å². The predicted octanol–water partition coefficient (Wildman–Crippen LogP) is 0.526. The number of benzene rings is 1. The van der Waals surface area contributed by atoms with E-state index in [2.05, 4.69) is 5.10 Å². The Bertz CT molecular complexity index is 797. The molecule has 0 radical (unpaired) electrons. The zero-order valence-corrected chi connectivity index (χ0v) is 12.2. The average molecular weight is 310 g/mol. The topological polar surface area (TPSA) is 119 Å². The second kappa shape index (κ2) is 5.09. The van der Waals surface area contributed by atoms with Crippen molar-refractivity contribution in [2.24, 2.45) is 7.05 Å². The van der Waals surface area contributed by atoms with Crippen LogP contribution in [0.15, 0.2) is 35.5 Å². The van der Waals surface area contributed by atoms with Gasteiger partial charge in [-0.1, -0.05) is 0 Å². The molecule has 1 aromatic heterocycles. The Hall–Kier alpha value is -2.55. The molecule has 0 saturated carbocycles. The van der Waals surface area contributed by atoms with E-state index in [4.69, 9.17) is 10.8 Å². The maximum atomic E-state index is 12.4. The van der Waals surface area contributed by atoms with Crippen molar-refractivity contribution in [1.82, 2.24) is 9.78 Å². The zero-order chi connectivity index (χ0) is 15.8. The van der Waals surface area contributed by atoms with Crippen molar-refractivity contribution in [1.29, 1.82) is 0 Å². The van der Waals surface area contributed by atoms with Gasteiger partial charge in [-0.25, -0.2) is 13.2 Å². The van der Waals surface area contributed by atoms with Crippen molar-refractivity contribution in [2.75, 3.05) is 17.1 Å². The monoisotopic (exact) mass is 310 g/mol. The molecule has 0 saturated heterocycles. The van der Waals surface area contributed by atoms with E-state index in [1.807, 2.05) is 0 Å². The summed E-state index contributed by atoms with van der Waals surface area (Å²) >= 11 is 0. The van der Waals surface area contributed by atoms with E-state index in [1.54, 1.807) is 7.05 Å². The summed E-state index contributed by atoms with van der Waals surface area (Å²) in [5.74, 6) is -1.13. The quantitative estimate of drug-likeness (QED) is 0.795. The van der Waals surface area contributed by atoms with Crippen LogP contribution in [-0.4, -0.2) is 36.3 Å². The molecular weight excluding hydrogens is 296 g/mol. The van der Waals surface area contributed by atoms with Gasteiger partial charge in [0, 0.05) is 20.3 Å². The standard InChI is InChI=1S/C12H14N4O4S/c1-15-7-9(6-14-15)21(19,20)16(2)11-4-3-8(12(17)18)5-10(11)13/h3-7H,13H2,1-2H3,(H,17,18). The number of carboxylic acid groups (broad SMARTS) is 1. The summed E-state index contributed by atoms with van der Waals surface area (Å²) in [5, 5.41) is 12.7. The second-order valence-electron chi connectivity index (χ2n) is 4.40. The SMILES string of the molecule is CN(c1ccc(C(=O)O)cc1N)S(=O)(=O)c1cnn(C)c1. The molecule has 8 nitrogen and oxygen atoms in total. The van der Waals surface area contributed by atoms with Crippen LogP contribution in [0.4, 0.5) is 11.4 Å². The lowest BCUT2D eigenvalue weighted by atomic mass is 10.2. The van der Waals surface area contributed by atoms with Crippen LogP contribution in [0, 0.1) is 0 Å². The average Bonchev–Trinajstić information content (AvgIpc) is 2.85. The number of aromatic carboxylic acids is 1. The Morgan fingerprint density at radius 3 is 2.57 bits per heavy atom. The van der Waals surface area contributed by atoms with Gasteiger partial charge in [-0.3, -0.25) is 8.99 Å². The highest BCUT2D eigenvalue weighted by Crippen LogP contribution is 2.28. The normalized spacial score (nSPS) is 11.3. The van der Waals surface area contributed by atoms with Crippen LogP contribution in [0.5, 0.6) is 0 Å². The van der Waals surface area contributed by atoms with E-state index in [0.717, 1.165) is 4.31 Å². The lowest BCUT2D eigenvalue weighted by molar-refractivity contribution is 0.0697. The molecule has 0 aliphatic rings. The van der Waals surface area contributed by atoms with Crippen LogP contribution >= 0.6 is 0 Å². The smallest absolute Gasteiger partial charge is 0.335 e. The lowest BCUT2D eigenvalue weighted by Gasteiger charge is -2.20. The fourth-order valence-electron chi connectivity index (χ4n) is 1.79. The summed E-state index contributed by atoms with van der Waals surface area (Å²) in [4.78, 5) is 10.9. The van der Waals surface area contributed by atoms with Crippen LogP contribution in [-0.2, 0) is 17.1 Å². The zero-order valence-electron chi connectivity index (χ0n) is 11.4. The number of carboxylic acids is 1. The predicted molar refractivity (Wildman–Crippen MR) is 76.6 cm³/mol. The molecule has 0 bridgehead atoms. The number of hydrogen-bond donors (Lipinski definition) is 2. The summed E-state index contributed by atoms with van der Waals surface area (Å²) in [6, 6.07) is 3.86. The molecular formula is C12H14N4O4S. The Morgan fingerprint density at radius 1 is 1.43 bits per heavy atom.